The minimum Gasteiger partial charge on any atom is -0.497 e. The molecule has 0 saturated carbocycles. The fourth-order valence-electron chi connectivity index (χ4n) is 4.11. The van der Waals surface area contributed by atoms with Crippen LogP contribution in [0.3, 0.4) is 0 Å². The zero-order valence-electron chi connectivity index (χ0n) is 19.8. The molecule has 7 nitrogen and oxygen atoms in total. The van der Waals surface area contributed by atoms with Crippen LogP contribution in [0.4, 0.5) is 5.82 Å². The number of methoxy groups -OCH3 is 1. The van der Waals surface area contributed by atoms with Gasteiger partial charge in [-0.1, -0.05) is 18.2 Å². The second-order valence-electron chi connectivity index (χ2n) is 8.52. The molecule has 0 spiro atoms. The van der Waals surface area contributed by atoms with E-state index in [0.717, 1.165) is 56.8 Å². The van der Waals surface area contributed by atoms with Crippen molar-refractivity contribution in [2.75, 3.05) is 26.3 Å². The van der Waals surface area contributed by atoms with E-state index < -0.39 is 0 Å². The van der Waals surface area contributed by atoms with E-state index in [1.165, 1.54) is 10.4 Å². The number of fused-ring (bicyclic) bond motifs is 2. The van der Waals surface area contributed by atoms with Gasteiger partial charge in [0.25, 0.3) is 0 Å². The van der Waals surface area contributed by atoms with Crippen molar-refractivity contribution in [1.82, 2.24) is 14.9 Å². The molecule has 4 aromatic rings. The number of nitrogens with zero attached hydrogens (tertiary/aromatic N) is 3. The van der Waals surface area contributed by atoms with Crippen molar-refractivity contribution >= 4 is 27.4 Å². The van der Waals surface area contributed by atoms with E-state index in [9.17, 15) is 0 Å². The second-order valence-corrected chi connectivity index (χ2v) is 9.72. The highest BCUT2D eigenvalue weighted by Gasteiger charge is 2.17. The Hall–Kier alpha value is -3.36. The van der Waals surface area contributed by atoms with Gasteiger partial charge in [0.05, 0.1) is 19.0 Å². The maximum absolute atomic E-state index is 5.51. The fourth-order valence-corrected chi connectivity index (χ4v) is 5.16. The molecular weight excluding hydrogens is 448 g/mol. The molecule has 2 aromatic heterocycles. The van der Waals surface area contributed by atoms with Gasteiger partial charge in [0.2, 0.25) is 6.79 Å². The zero-order valence-corrected chi connectivity index (χ0v) is 20.7. The number of hydrogen-bond acceptors (Lipinski definition) is 8. The van der Waals surface area contributed by atoms with Crippen LogP contribution in [-0.4, -0.2) is 35.8 Å². The summed E-state index contributed by atoms with van der Waals surface area (Å²) in [5.74, 6) is 4.12. The maximum Gasteiger partial charge on any atom is 0.231 e. The summed E-state index contributed by atoms with van der Waals surface area (Å²) >= 11 is 1.72. The van der Waals surface area contributed by atoms with Gasteiger partial charge in [-0.2, -0.15) is 0 Å². The molecule has 3 heterocycles. The fraction of sp³-hybridized carbons (Fsp3) is 0.308. The number of aromatic nitrogens is 2. The summed E-state index contributed by atoms with van der Waals surface area (Å²) in [6, 6.07) is 14.1. The van der Waals surface area contributed by atoms with Crippen LogP contribution in [0.2, 0.25) is 0 Å². The van der Waals surface area contributed by atoms with Gasteiger partial charge in [-0.05, 0) is 61.9 Å². The Bertz CT molecular complexity index is 1340. The maximum atomic E-state index is 5.51. The first-order chi connectivity index (χ1) is 16.5. The van der Waals surface area contributed by atoms with Crippen molar-refractivity contribution in [3.05, 3.63) is 69.9 Å². The summed E-state index contributed by atoms with van der Waals surface area (Å²) in [7, 11) is 3.76. The molecule has 0 unspecified atom stereocenters. The van der Waals surface area contributed by atoms with Crippen molar-refractivity contribution in [3.8, 4) is 17.2 Å². The lowest BCUT2D eigenvalue weighted by Gasteiger charge is -2.17. The molecule has 0 saturated heterocycles. The summed E-state index contributed by atoms with van der Waals surface area (Å²) in [5, 5.41) is 4.66. The molecule has 0 amide bonds. The number of benzene rings is 2. The van der Waals surface area contributed by atoms with Gasteiger partial charge < -0.3 is 19.5 Å². The number of hydrogen-bond donors (Lipinski definition) is 1. The van der Waals surface area contributed by atoms with E-state index >= 15 is 0 Å². The summed E-state index contributed by atoms with van der Waals surface area (Å²) in [6.45, 7) is 6.61. The van der Waals surface area contributed by atoms with E-state index in [4.69, 9.17) is 24.2 Å². The molecule has 0 aliphatic carbocycles. The third-order valence-electron chi connectivity index (χ3n) is 5.97. The predicted octanol–water partition coefficient (Wildman–Crippen LogP) is 5.29. The van der Waals surface area contributed by atoms with Gasteiger partial charge in [0.1, 0.15) is 22.2 Å². The molecule has 8 heteroatoms. The number of anilines is 1. The number of nitrogens with one attached hydrogen (secondary N) is 1. The predicted molar refractivity (Wildman–Crippen MR) is 135 cm³/mol. The second kappa shape index (κ2) is 9.48. The van der Waals surface area contributed by atoms with Crippen molar-refractivity contribution in [1.29, 1.82) is 0 Å². The van der Waals surface area contributed by atoms with Crippen LogP contribution < -0.4 is 19.5 Å². The SMILES string of the molecule is COc1cccc(CNc2nc(CN(C)Cc3ccc4c(c3)OCO4)nc3sc(C)c(C)c23)c1. The number of aryl methyl sites for hydroxylation is 2. The minimum atomic E-state index is 0.285. The topological polar surface area (TPSA) is 68.7 Å². The summed E-state index contributed by atoms with van der Waals surface area (Å²) < 4.78 is 16.3. The molecule has 2 aromatic carbocycles. The molecule has 1 aliphatic rings. The number of ether oxygens (including phenoxy) is 3. The van der Waals surface area contributed by atoms with Gasteiger partial charge in [-0.25, -0.2) is 9.97 Å². The van der Waals surface area contributed by atoms with Crippen molar-refractivity contribution in [3.63, 3.8) is 0 Å². The van der Waals surface area contributed by atoms with Crippen molar-refractivity contribution < 1.29 is 14.2 Å². The lowest BCUT2D eigenvalue weighted by molar-refractivity contribution is 0.174. The van der Waals surface area contributed by atoms with Crippen LogP contribution in [0.1, 0.15) is 27.4 Å². The zero-order chi connectivity index (χ0) is 23.7. The molecule has 176 valence electrons. The van der Waals surface area contributed by atoms with E-state index in [-0.39, 0.29) is 6.79 Å². The molecular formula is C26H28N4O3S. The first-order valence-electron chi connectivity index (χ1n) is 11.2. The molecule has 0 bridgehead atoms. The average Bonchev–Trinajstić information content (AvgIpc) is 3.41. The van der Waals surface area contributed by atoms with Gasteiger partial charge in [-0.3, -0.25) is 4.90 Å². The van der Waals surface area contributed by atoms with E-state index in [1.807, 2.05) is 30.3 Å². The molecule has 0 radical (unpaired) electrons. The van der Waals surface area contributed by atoms with Crippen LogP contribution in [0.15, 0.2) is 42.5 Å². The Kier molecular flexibility index (Phi) is 6.26. The Balaban J connectivity index is 1.36. The van der Waals surface area contributed by atoms with Crippen molar-refractivity contribution in [2.24, 2.45) is 0 Å². The molecule has 1 aliphatic heterocycles. The monoisotopic (exact) mass is 476 g/mol. The Labute approximate surface area is 203 Å². The molecule has 34 heavy (non-hydrogen) atoms. The van der Waals surface area contributed by atoms with Gasteiger partial charge in [0, 0.05) is 18.0 Å². The first kappa shape index (κ1) is 22.4. The lowest BCUT2D eigenvalue weighted by Crippen LogP contribution is -2.19. The highest BCUT2D eigenvalue weighted by molar-refractivity contribution is 7.18. The average molecular weight is 477 g/mol. The molecule has 0 fully saturated rings. The Morgan fingerprint density at radius 2 is 1.88 bits per heavy atom. The summed E-state index contributed by atoms with van der Waals surface area (Å²) in [4.78, 5) is 14.3. The van der Waals surface area contributed by atoms with Gasteiger partial charge >= 0.3 is 0 Å². The standard InChI is InChI=1S/C26H28N4O3S/c1-16-17(2)34-26-24(16)25(27-12-18-6-5-7-20(10-18)31-4)28-23(29-26)14-30(3)13-19-8-9-21-22(11-19)33-15-32-21/h5-11H,12-15H2,1-4H3,(H,27,28,29). The largest absolute Gasteiger partial charge is 0.497 e. The van der Waals surface area contributed by atoms with E-state index in [1.54, 1.807) is 18.4 Å². The quantitative estimate of drug-likeness (QED) is 0.371. The van der Waals surface area contributed by atoms with Gasteiger partial charge in [0.15, 0.2) is 11.5 Å². The highest BCUT2D eigenvalue weighted by Crippen LogP contribution is 2.34. The minimum absolute atomic E-state index is 0.285. The van der Waals surface area contributed by atoms with Crippen LogP contribution >= 0.6 is 11.3 Å². The first-order valence-corrected chi connectivity index (χ1v) is 12.0. The Morgan fingerprint density at radius 3 is 2.74 bits per heavy atom. The third-order valence-corrected chi connectivity index (χ3v) is 7.07. The summed E-state index contributed by atoms with van der Waals surface area (Å²) in [6.07, 6.45) is 0. The highest BCUT2D eigenvalue weighted by atomic mass is 32.1. The third kappa shape index (κ3) is 4.64. The van der Waals surface area contributed by atoms with E-state index in [0.29, 0.717) is 13.1 Å². The molecule has 1 N–H and O–H groups in total. The molecule has 0 atom stereocenters. The van der Waals surface area contributed by atoms with Crippen LogP contribution in [0.25, 0.3) is 10.2 Å². The van der Waals surface area contributed by atoms with Crippen LogP contribution in [0, 0.1) is 13.8 Å². The van der Waals surface area contributed by atoms with Crippen LogP contribution in [-0.2, 0) is 19.6 Å². The smallest absolute Gasteiger partial charge is 0.231 e. The number of rotatable bonds is 8. The lowest BCUT2D eigenvalue weighted by atomic mass is 10.2. The molecule has 5 rings (SSSR count). The normalized spacial score (nSPS) is 12.5. The van der Waals surface area contributed by atoms with Gasteiger partial charge in [-0.15, -0.1) is 11.3 Å². The van der Waals surface area contributed by atoms with Crippen molar-refractivity contribution in [2.45, 2.75) is 33.5 Å². The Morgan fingerprint density at radius 1 is 1.03 bits per heavy atom. The number of thiophene rings is 1. The summed E-state index contributed by atoms with van der Waals surface area (Å²) in [5.41, 5.74) is 3.53. The van der Waals surface area contributed by atoms with E-state index in [2.05, 4.69) is 43.2 Å². The van der Waals surface area contributed by atoms with Crippen LogP contribution in [0.5, 0.6) is 17.2 Å².